The molecule has 6 heteroatoms. The molecule has 3 heterocycles. The van der Waals surface area contributed by atoms with Gasteiger partial charge in [0.15, 0.2) is 4.96 Å². The monoisotopic (exact) mass is 344 g/mol. The fraction of sp³-hybridized carbons (Fsp3) is 0.389. The van der Waals surface area contributed by atoms with Crippen molar-refractivity contribution in [1.29, 1.82) is 0 Å². The Balaban J connectivity index is 1.44. The third kappa shape index (κ3) is 3.16. The Morgan fingerprint density at radius 2 is 2.17 bits per heavy atom. The van der Waals surface area contributed by atoms with E-state index in [1.54, 1.807) is 11.3 Å². The summed E-state index contributed by atoms with van der Waals surface area (Å²) in [7, 11) is 0. The Morgan fingerprint density at radius 3 is 3.00 bits per heavy atom. The molecule has 3 aromatic rings. The van der Waals surface area contributed by atoms with Crippen LogP contribution in [0.3, 0.4) is 0 Å². The fourth-order valence-electron chi connectivity index (χ4n) is 3.44. The zero-order valence-electron chi connectivity index (χ0n) is 13.7. The van der Waals surface area contributed by atoms with Crippen LogP contribution in [0.15, 0.2) is 35.8 Å². The summed E-state index contributed by atoms with van der Waals surface area (Å²) in [6.45, 7) is 5.12. The molecule has 1 N–H and O–H groups in total. The second-order valence-electron chi connectivity index (χ2n) is 6.42. The molecular formula is C18H21FN4S. The van der Waals surface area contributed by atoms with E-state index in [0.717, 1.165) is 42.4 Å². The van der Waals surface area contributed by atoms with Gasteiger partial charge in [0.05, 0.1) is 11.4 Å². The van der Waals surface area contributed by atoms with E-state index in [0.29, 0.717) is 6.04 Å². The molecular weight excluding hydrogens is 323 g/mol. The van der Waals surface area contributed by atoms with Crippen molar-refractivity contribution >= 4 is 22.0 Å². The molecule has 0 radical (unpaired) electrons. The largest absolute Gasteiger partial charge is 0.381 e. The highest BCUT2D eigenvalue weighted by Crippen LogP contribution is 2.22. The number of imidazole rings is 1. The van der Waals surface area contributed by atoms with Gasteiger partial charge in [-0.05, 0) is 50.6 Å². The summed E-state index contributed by atoms with van der Waals surface area (Å²) < 4.78 is 15.2. The van der Waals surface area contributed by atoms with E-state index in [9.17, 15) is 4.39 Å². The van der Waals surface area contributed by atoms with Crippen molar-refractivity contribution in [2.45, 2.75) is 32.4 Å². The van der Waals surface area contributed by atoms with Gasteiger partial charge in [0, 0.05) is 36.4 Å². The molecule has 126 valence electrons. The normalized spacial score (nSPS) is 19.0. The van der Waals surface area contributed by atoms with Crippen molar-refractivity contribution in [2.75, 3.05) is 18.4 Å². The van der Waals surface area contributed by atoms with Gasteiger partial charge in [-0.25, -0.2) is 9.37 Å². The Hall–Kier alpha value is -1.92. The van der Waals surface area contributed by atoms with E-state index in [1.165, 1.54) is 24.2 Å². The number of thiazole rings is 1. The predicted molar refractivity (Wildman–Crippen MR) is 96.1 cm³/mol. The molecule has 0 spiro atoms. The number of hydrogen-bond donors (Lipinski definition) is 1. The highest BCUT2D eigenvalue weighted by Gasteiger charge is 2.22. The smallest absolute Gasteiger partial charge is 0.194 e. The maximum absolute atomic E-state index is 13.0. The topological polar surface area (TPSA) is 32.6 Å². The number of piperidine rings is 1. The first-order valence-electron chi connectivity index (χ1n) is 8.34. The molecule has 1 aromatic carbocycles. The van der Waals surface area contributed by atoms with Gasteiger partial charge in [-0.2, -0.15) is 0 Å². The molecule has 0 amide bonds. The van der Waals surface area contributed by atoms with E-state index in [4.69, 9.17) is 0 Å². The van der Waals surface area contributed by atoms with Crippen molar-refractivity contribution in [1.82, 2.24) is 14.3 Å². The van der Waals surface area contributed by atoms with Crippen LogP contribution in [0.5, 0.6) is 0 Å². The number of aryl methyl sites for hydroxylation is 1. The van der Waals surface area contributed by atoms with Gasteiger partial charge in [-0.3, -0.25) is 9.30 Å². The summed E-state index contributed by atoms with van der Waals surface area (Å²) in [6.07, 6.45) is 4.42. The zero-order chi connectivity index (χ0) is 16.5. The average Bonchev–Trinajstić information content (AvgIpc) is 3.13. The number of fused-ring (bicyclic) bond motifs is 1. The van der Waals surface area contributed by atoms with Crippen LogP contribution in [-0.2, 0) is 6.54 Å². The molecule has 1 aliphatic rings. The lowest BCUT2D eigenvalue weighted by Gasteiger charge is -2.33. The predicted octanol–water partition coefficient (Wildman–Crippen LogP) is 3.92. The van der Waals surface area contributed by atoms with Crippen molar-refractivity contribution in [2.24, 2.45) is 0 Å². The van der Waals surface area contributed by atoms with Crippen molar-refractivity contribution in [3.05, 3.63) is 53.0 Å². The van der Waals surface area contributed by atoms with Gasteiger partial charge in [0.2, 0.25) is 0 Å². The molecule has 1 fully saturated rings. The number of nitrogens with zero attached hydrogens (tertiary/aromatic N) is 3. The number of likely N-dealkylation sites (tertiary alicyclic amines) is 1. The molecule has 1 atom stereocenters. The third-order valence-corrected chi connectivity index (χ3v) is 5.41. The molecule has 1 aliphatic heterocycles. The Bertz CT molecular complexity index is 823. The number of benzene rings is 1. The van der Waals surface area contributed by atoms with Crippen LogP contribution >= 0.6 is 11.3 Å². The zero-order valence-corrected chi connectivity index (χ0v) is 14.5. The van der Waals surface area contributed by atoms with Gasteiger partial charge in [-0.15, -0.1) is 11.3 Å². The lowest BCUT2D eigenvalue weighted by Crippen LogP contribution is -2.41. The van der Waals surface area contributed by atoms with Crippen LogP contribution < -0.4 is 5.32 Å². The van der Waals surface area contributed by atoms with E-state index in [-0.39, 0.29) is 5.82 Å². The van der Waals surface area contributed by atoms with Crippen LogP contribution in [0.4, 0.5) is 10.1 Å². The molecule has 4 rings (SSSR count). The second kappa shape index (κ2) is 6.53. The molecule has 0 bridgehead atoms. The van der Waals surface area contributed by atoms with Crippen LogP contribution in [0, 0.1) is 12.7 Å². The minimum atomic E-state index is -0.193. The second-order valence-corrected chi connectivity index (χ2v) is 7.30. The Morgan fingerprint density at radius 1 is 1.33 bits per heavy atom. The van der Waals surface area contributed by atoms with E-state index in [1.807, 2.05) is 12.1 Å². The summed E-state index contributed by atoms with van der Waals surface area (Å²) in [5.41, 5.74) is 3.40. The molecule has 0 aliphatic carbocycles. The maximum Gasteiger partial charge on any atom is 0.194 e. The van der Waals surface area contributed by atoms with Crippen molar-refractivity contribution < 1.29 is 4.39 Å². The highest BCUT2D eigenvalue weighted by molar-refractivity contribution is 7.15. The van der Waals surface area contributed by atoms with Gasteiger partial charge in [-0.1, -0.05) is 0 Å². The summed E-state index contributed by atoms with van der Waals surface area (Å²) in [5, 5.41) is 5.62. The van der Waals surface area contributed by atoms with Gasteiger partial charge < -0.3 is 5.32 Å². The lowest BCUT2D eigenvalue weighted by molar-refractivity contribution is 0.205. The van der Waals surface area contributed by atoms with Gasteiger partial charge >= 0.3 is 0 Å². The first kappa shape index (κ1) is 15.6. The summed E-state index contributed by atoms with van der Waals surface area (Å²) in [6, 6.07) is 7.03. The maximum atomic E-state index is 13.0. The number of rotatable bonds is 4. The van der Waals surface area contributed by atoms with Crippen LogP contribution in [0.2, 0.25) is 0 Å². The van der Waals surface area contributed by atoms with E-state index in [2.05, 4.69) is 38.1 Å². The first-order valence-corrected chi connectivity index (χ1v) is 9.22. The lowest BCUT2D eigenvalue weighted by atomic mass is 10.0. The number of anilines is 1. The third-order valence-electron chi connectivity index (χ3n) is 4.66. The number of halogens is 1. The van der Waals surface area contributed by atoms with Crippen LogP contribution in [0.1, 0.15) is 24.2 Å². The fourth-order valence-corrected chi connectivity index (χ4v) is 4.22. The highest BCUT2D eigenvalue weighted by atomic mass is 32.1. The van der Waals surface area contributed by atoms with Gasteiger partial charge in [0.1, 0.15) is 5.82 Å². The summed E-state index contributed by atoms with van der Waals surface area (Å²) in [4.78, 5) is 8.19. The minimum absolute atomic E-state index is 0.193. The molecule has 1 saturated heterocycles. The molecule has 24 heavy (non-hydrogen) atoms. The standard InChI is InChI=1S/C18H21FN4S/c1-13-17(23-9-10-24-18(23)20-13)12-22-8-2-3-16(11-22)21-15-6-4-14(19)5-7-15/h4-7,9-10,16,21H,2-3,8,11-12H2,1H3/t16-/m0/s1. The van der Waals surface area contributed by atoms with Crippen molar-refractivity contribution in [3.8, 4) is 0 Å². The summed E-state index contributed by atoms with van der Waals surface area (Å²) >= 11 is 1.68. The SMILES string of the molecule is Cc1nc2sccn2c1CN1CCC[C@H](Nc2ccc(F)cc2)C1. The van der Waals surface area contributed by atoms with Gasteiger partial charge in [0.25, 0.3) is 0 Å². The minimum Gasteiger partial charge on any atom is -0.381 e. The number of aromatic nitrogens is 2. The molecule has 2 aromatic heterocycles. The van der Waals surface area contributed by atoms with Crippen LogP contribution in [0.25, 0.3) is 4.96 Å². The van der Waals surface area contributed by atoms with Crippen LogP contribution in [-0.4, -0.2) is 33.4 Å². The quantitative estimate of drug-likeness (QED) is 0.779. The molecule has 0 saturated carbocycles. The summed E-state index contributed by atoms with van der Waals surface area (Å²) in [5.74, 6) is -0.193. The Kier molecular flexibility index (Phi) is 4.24. The van der Waals surface area contributed by atoms with Crippen molar-refractivity contribution in [3.63, 3.8) is 0 Å². The molecule has 0 unspecified atom stereocenters. The number of hydrogen-bond acceptors (Lipinski definition) is 4. The Labute approximate surface area is 144 Å². The average molecular weight is 344 g/mol. The molecule has 4 nitrogen and oxygen atoms in total. The first-order chi connectivity index (χ1) is 11.7. The van der Waals surface area contributed by atoms with E-state index >= 15 is 0 Å². The van der Waals surface area contributed by atoms with E-state index < -0.39 is 0 Å². The number of nitrogens with one attached hydrogen (secondary N) is 1.